The molecule has 0 atom stereocenters. The molecule has 1 aromatic heterocycles. The van der Waals surface area contributed by atoms with Crippen molar-refractivity contribution in [1.82, 2.24) is 15.2 Å². The third kappa shape index (κ3) is 7.47. The van der Waals surface area contributed by atoms with Crippen LogP contribution in [0.15, 0.2) is 71.9 Å². The van der Waals surface area contributed by atoms with Gasteiger partial charge in [-0.15, -0.1) is 0 Å². The van der Waals surface area contributed by atoms with Gasteiger partial charge in [-0.25, -0.2) is 0 Å². The largest absolute Gasteiger partial charge is 0.457 e. The summed E-state index contributed by atoms with van der Waals surface area (Å²) >= 11 is 0. The molecule has 2 N–H and O–H groups in total. The van der Waals surface area contributed by atoms with Crippen LogP contribution in [-0.4, -0.2) is 54.4 Å². The van der Waals surface area contributed by atoms with Crippen LogP contribution in [0.25, 0.3) is 6.08 Å². The first-order chi connectivity index (χ1) is 19.3. The highest BCUT2D eigenvalue weighted by atomic mass is 19.4. The van der Waals surface area contributed by atoms with Gasteiger partial charge in [-0.2, -0.15) is 13.2 Å². The number of carbonyl (C=O) groups excluding carboxylic acids is 1. The van der Waals surface area contributed by atoms with E-state index in [0.29, 0.717) is 47.8 Å². The number of aliphatic imine (C=N–C) groups is 1. The van der Waals surface area contributed by atoms with Crippen molar-refractivity contribution in [2.45, 2.75) is 25.4 Å². The summed E-state index contributed by atoms with van der Waals surface area (Å²) in [7, 11) is 0. The van der Waals surface area contributed by atoms with Gasteiger partial charge in [-0.3, -0.25) is 14.8 Å². The zero-order chi connectivity index (χ0) is 28.0. The highest BCUT2D eigenvalue weighted by molar-refractivity contribution is 6.02. The lowest BCUT2D eigenvalue weighted by Gasteiger charge is -2.16. The Bertz CT molecular complexity index is 1410. The van der Waals surface area contributed by atoms with Crippen molar-refractivity contribution in [3.63, 3.8) is 0 Å². The molecule has 7 nitrogen and oxygen atoms in total. The van der Waals surface area contributed by atoms with Crippen LogP contribution >= 0.6 is 0 Å². The fourth-order valence-electron chi connectivity index (χ4n) is 4.71. The third-order valence-corrected chi connectivity index (χ3v) is 6.67. The van der Waals surface area contributed by atoms with Crippen molar-refractivity contribution in [3.05, 3.63) is 89.3 Å². The van der Waals surface area contributed by atoms with Gasteiger partial charge < -0.3 is 20.3 Å². The number of anilines is 1. The van der Waals surface area contributed by atoms with E-state index < -0.39 is 17.6 Å². The minimum atomic E-state index is -4.50. The van der Waals surface area contributed by atoms with Crippen LogP contribution < -0.4 is 15.4 Å². The number of amides is 1. The van der Waals surface area contributed by atoms with E-state index in [-0.39, 0.29) is 5.69 Å². The number of rotatable bonds is 9. The molecule has 1 saturated heterocycles. The van der Waals surface area contributed by atoms with Crippen LogP contribution in [0.3, 0.4) is 0 Å². The lowest BCUT2D eigenvalue weighted by Crippen LogP contribution is -2.22. The fraction of sp³-hybridized carbons (Fsp3) is 0.300. The second kappa shape index (κ2) is 12.3. The molecule has 0 radical (unpaired) electrons. The number of likely N-dealkylation sites (tertiary alicyclic amines) is 1. The molecule has 2 aromatic carbocycles. The monoisotopic (exact) mass is 549 g/mol. The lowest BCUT2D eigenvalue weighted by atomic mass is 10.1. The Morgan fingerprint density at radius 2 is 1.90 bits per heavy atom. The van der Waals surface area contributed by atoms with E-state index in [1.807, 2.05) is 0 Å². The molecule has 0 saturated carbocycles. The molecule has 0 spiro atoms. The number of hydrogen-bond acceptors (Lipinski definition) is 6. The maximum Gasteiger partial charge on any atom is 0.416 e. The second-order valence-corrected chi connectivity index (χ2v) is 9.75. The van der Waals surface area contributed by atoms with Gasteiger partial charge in [-0.05, 0) is 86.0 Å². The number of nitrogens with one attached hydrogen (secondary N) is 2. The molecule has 10 heteroatoms. The number of amidine groups is 1. The SMILES string of the molecule is O=C(C=Cc1cccc(Oc2ccnc(C3=NCCN3)c2)c1)Nc1cc(CCN2CCCC2)cc(C(F)(F)F)c1. The molecule has 2 aliphatic heterocycles. The van der Waals surface area contributed by atoms with E-state index in [1.54, 1.807) is 54.7 Å². The predicted molar refractivity (Wildman–Crippen MR) is 149 cm³/mol. The van der Waals surface area contributed by atoms with Gasteiger partial charge in [0.15, 0.2) is 0 Å². The average Bonchev–Trinajstić information content (AvgIpc) is 3.66. The van der Waals surface area contributed by atoms with Crippen molar-refractivity contribution >= 4 is 23.5 Å². The summed E-state index contributed by atoms with van der Waals surface area (Å²) in [6, 6.07) is 14.4. The van der Waals surface area contributed by atoms with Gasteiger partial charge in [0.25, 0.3) is 0 Å². The topological polar surface area (TPSA) is 78.8 Å². The molecule has 0 bridgehead atoms. The number of alkyl halides is 3. The molecule has 0 unspecified atom stereocenters. The first-order valence-electron chi connectivity index (χ1n) is 13.3. The quantitative estimate of drug-likeness (QED) is 0.343. The van der Waals surface area contributed by atoms with Gasteiger partial charge in [0, 0.05) is 37.1 Å². The number of halogens is 3. The molecule has 1 fully saturated rings. The average molecular weight is 550 g/mol. The molecule has 3 aromatic rings. The van der Waals surface area contributed by atoms with Gasteiger partial charge in [0.1, 0.15) is 23.0 Å². The Hall–Kier alpha value is -4.18. The Kier molecular flexibility index (Phi) is 8.45. The number of ether oxygens (including phenoxy) is 1. The minimum Gasteiger partial charge on any atom is -0.457 e. The molecule has 40 heavy (non-hydrogen) atoms. The normalized spacial score (nSPS) is 15.7. The second-order valence-electron chi connectivity index (χ2n) is 9.75. The smallest absolute Gasteiger partial charge is 0.416 e. The number of benzene rings is 2. The molecule has 2 aliphatic rings. The van der Waals surface area contributed by atoms with E-state index in [2.05, 4.69) is 25.5 Å². The first-order valence-corrected chi connectivity index (χ1v) is 13.3. The highest BCUT2D eigenvalue weighted by Gasteiger charge is 2.31. The molecular formula is C30H30F3N5O2. The number of pyridine rings is 1. The maximum atomic E-state index is 13.5. The number of hydrogen-bond donors (Lipinski definition) is 2. The summed E-state index contributed by atoms with van der Waals surface area (Å²) in [5.41, 5.74) is 1.27. The lowest BCUT2D eigenvalue weighted by molar-refractivity contribution is -0.137. The van der Waals surface area contributed by atoms with E-state index in [9.17, 15) is 18.0 Å². The zero-order valence-electron chi connectivity index (χ0n) is 21.9. The Balaban J connectivity index is 1.24. The molecular weight excluding hydrogens is 519 g/mol. The van der Waals surface area contributed by atoms with Crippen LogP contribution in [0.5, 0.6) is 11.5 Å². The van der Waals surface area contributed by atoms with Gasteiger partial charge in [-0.1, -0.05) is 12.1 Å². The Morgan fingerprint density at radius 1 is 1.07 bits per heavy atom. The first kappa shape index (κ1) is 27.4. The van der Waals surface area contributed by atoms with Crippen LogP contribution in [0.2, 0.25) is 0 Å². The van der Waals surface area contributed by atoms with E-state index in [0.717, 1.165) is 50.4 Å². The highest BCUT2D eigenvalue weighted by Crippen LogP contribution is 2.32. The fourth-order valence-corrected chi connectivity index (χ4v) is 4.71. The van der Waals surface area contributed by atoms with Gasteiger partial charge in [0.05, 0.1) is 12.1 Å². The van der Waals surface area contributed by atoms with E-state index in [1.165, 1.54) is 6.08 Å². The number of aromatic nitrogens is 1. The number of nitrogens with zero attached hydrogens (tertiary/aromatic N) is 3. The van der Waals surface area contributed by atoms with Crippen molar-refractivity contribution < 1.29 is 22.7 Å². The van der Waals surface area contributed by atoms with Crippen LogP contribution in [0.4, 0.5) is 18.9 Å². The van der Waals surface area contributed by atoms with Crippen molar-refractivity contribution in [2.24, 2.45) is 4.99 Å². The molecule has 5 rings (SSSR count). The number of carbonyl (C=O) groups is 1. The van der Waals surface area contributed by atoms with Crippen molar-refractivity contribution in [1.29, 1.82) is 0 Å². The summed E-state index contributed by atoms with van der Waals surface area (Å²) in [4.78, 5) is 23.6. The minimum absolute atomic E-state index is 0.118. The zero-order valence-corrected chi connectivity index (χ0v) is 21.9. The molecule has 3 heterocycles. The van der Waals surface area contributed by atoms with Crippen LogP contribution in [-0.2, 0) is 17.4 Å². The van der Waals surface area contributed by atoms with Gasteiger partial charge in [0.2, 0.25) is 5.91 Å². The summed E-state index contributed by atoms with van der Waals surface area (Å²) in [6.07, 6.45) is 2.73. The summed E-state index contributed by atoms with van der Waals surface area (Å²) in [5, 5.41) is 5.76. The Morgan fingerprint density at radius 3 is 2.67 bits per heavy atom. The summed E-state index contributed by atoms with van der Waals surface area (Å²) in [5.74, 6) is 1.35. The molecule has 1 amide bonds. The Labute approximate surface area is 230 Å². The van der Waals surface area contributed by atoms with Gasteiger partial charge >= 0.3 is 6.18 Å². The van der Waals surface area contributed by atoms with Crippen molar-refractivity contribution in [2.75, 3.05) is 38.0 Å². The summed E-state index contributed by atoms with van der Waals surface area (Å²) in [6.45, 7) is 4.11. The maximum absolute atomic E-state index is 13.5. The standard InChI is InChI=1S/C30H30F3N5O2/c31-30(32,33)23-16-22(9-15-38-13-1-2-14-38)17-24(19-23)37-28(39)7-6-21-4-3-5-25(18-21)40-26-8-10-34-27(20-26)29-35-11-12-36-29/h3-8,10,16-20H,1-2,9,11-15H2,(H,35,36)(H,37,39). The van der Waals surface area contributed by atoms with E-state index >= 15 is 0 Å². The third-order valence-electron chi connectivity index (χ3n) is 6.67. The predicted octanol–water partition coefficient (Wildman–Crippen LogP) is 5.53. The summed E-state index contributed by atoms with van der Waals surface area (Å²) < 4.78 is 46.6. The van der Waals surface area contributed by atoms with Crippen LogP contribution in [0.1, 0.15) is 35.2 Å². The van der Waals surface area contributed by atoms with E-state index in [4.69, 9.17) is 4.74 Å². The van der Waals surface area contributed by atoms with Crippen molar-refractivity contribution in [3.8, 4) is 11.5 Å². The van der Waals surface area contributed by atoms with Crippen LogP contribution in [0, 0.1) is 0 Å². The molecule has 0 aliphatic carbocycles. The molecule has 208 valence electrons.